The summed E-state index contributed by atoms with van der Waals surface area (Å²) in [6.45, 7) is 0. The van der Waals surface area contributed by atoms with Crippen molar-refractivity contribution in [3.05, 3.63) is 156 Å². The van der Waals surface area contributed by atoms with Crippen LogP contribution in [0.4, 0.5) is 0 Å². The normalized spacial score (nSPS) is 14.4. The van der Waals surface area contributed by atoms with E-state index in [1.165, 1.54) is 6.42 Å². The monoisotopic (exact) mass is 522 g/mol. The second kappa shape index (κ2) is 11.7. The minimum Gasteiger partial charge on any atom is -0.318 e. The van der Waals surface area contributed by atoms with Crippen molar-refractivity contribution in [2.24, 2.45) is 5.92 Å². The molecule has 1 fully saturated rings. The first kappa shape index (κ1) is 25.8. The Kier molecular flexibility index (Phi) is 7.54. The molecule has 3 heteroatoms. The van der Waals surface area contributed by atoms with E-state index in [1.807, 2.05) is 24.5 Å². The molecule has 0 atom stereocenters. The number of allylic oxidation sites excluding steroid dienone is 1. The fourth-order valence-electron chi connectivity index (χ4n) is 6.20. The quantitative estimate of drug-likeness (QED) is 0.151. The van der Waals surface area contributed by atoms with Crippen molar-refractivity contribution in [1.82, 2.24) is 9.55 Å². The molecule has 0 N–H and O–H groups in total. The lowest BCUT2D eigenvalue weighted by atomic mass is 9.77. The van der Waals surface area contributed by atoms with Crippen LogP contribution in [0.5, 0.6) is 0 Å². The van der Waals surface area contributed by atoms with Crippen LogP contribution in [0, 0.1) is 5.92 Å². The lowest BCUT2D eigenvalue weighted by Gasteiger charge is -2.37. The zero-order chi connectivity index (χ0) is 27.2. The highest BCUT2D eigenvalue weighted by Crippen LogP contribution is 2.41. The number of carbonyl (C=O) groups is 1. The Hall–Kier alpha value is -4.50. The van der Waals surface area contributed by atoms with Crippen molar-refractivity contribution < 1.29 is 4.79 Å². The van der Waals surface area contributed by atoms with Gasteiger partial charge in [-0.1, -0.05) is 141 Å². The number of hydrogen-bond donors (Lipinski definition) is 0. The van der Waals surface area contributed by atoms with Crippen LogP contribution >= 0.6 is 0 Å². The topological polar surface area (TPSA) is 34.9 Å². The highest BCUT2D eigenvalue weighted by Gasteiger charge is 2.38. The Balaban J connectivity index is 1.46. The molecule has 0 amide bonds. The molecule has 4 aromatic carbocycles. The molecule has 1 aliphatic rings. The summed E-state index contributed by atoms with van der Waals surface area (Å²) >= 11 is 0. The lowest BCUT2D eigenvalue weighted by molar-refractivity contribution is -0.119. The molecule has 0 unspecified atom stereocenters. The van der Waals surface area contributed by atoms with E-state index in [9.17, 15) is 4.79 Å². The van der Waals surface area contributed by atoms with Gasteiger partial charge in [0.1, 0.15) is 5.54 Å². The molecular formula is C37H34N2O. The van der Waals surface area contributed by atoms with Crippen LogP contribution in [0.25, 0.3) is 17.3 Å². The third-order valence-corrected chi connectivity index (χ3v) is 8.22. The van der Waals surface area contributed by atoms with Crippen LogP contribution in [0.1, 0.15) is 54.4 Å². The fraction of sp³-hybridized carbons (Fsp3) is 0.189. The molecule has 0 saturated heterocycles. The second-order valence-corrected chi connectivity index (χ2v) is 10.6. The molecule has 5 aromatic rings. The molecule has 0 bridgehead atoms. The van der Waals surface area contributed by atoms with Gasteiger partial charge in [0.2, 0.25) is 0 Å². The van der Waals surface area contributed by atoms with E-state index in [0.717, 1.165) is 59.2 Å². The van der Waals surface area contributed by atoms with Crippen LogP contribution in [-0.4, -0.2) is 15.3 Å². The Morgan fingerprint density at radius 2 is 1.23 bits per heavy atom. The van der Waals surface area contributed by atoms with Gasteiger partial charge < -0.3 is 4.57 Å². The van der Waals surface area contributed by atoms with Crippen LogP contribution in [0.2, 0.25) is 0 Å². The number of imidazole rings is 1. The van der Waals surface area contributed by atoms with Crippen molar-refractivity contribution in [1.29, 1.82) is 0 Å². The van der Waals surface area contributed by atoms with Gasteiger partial charge in [-0.2, -0.15) is 0 Å². The second-order valence-electron chi connectivity index (χ2n) is 10.6. The van der Waals surface area contributed by atoms with Crippen molar-refractivity contribution >= 4 is 11.9 Å². The predicted molar refractivity (Wildman–Crippen MR) is 163 cm³/mol. The number of rotatable bonds is 8. The molecule has 40 heavy (non-hydrogen) atoms. The largest absolute Gasteiger partial charge is 0.318 e. The zero-order valence-corrected chi connectivity index (χ0v) is 22.7. The van der Waals surface area contributed by atoms with Gasteiger partial charge in [-0.3, -0.25) is 4.79 Å². The zero-order valence-electron chi connectivity index (χ0n) is 22.7. The Bertz CT molecular complexity index is 1480. The molecule has 0 spiro atoms. The lowest BCUT2D eigenvalue weighted by Crippen LogP contribution is -2.36. The summed E-state index contributed by atoms with van der Waals surface area (Å²) in [5.74, 6) is 0.413. The van der Waals surface area contributed by atoms with E-state index >= 15 is 0 Å². The highest BCUT2D eigenvalue weighted by atomic mass is 16.1. The standard InChI is InChI=1S/C37H34N2O/c40-36(30-16-5-1-6-17-30)26-25-29-15-13-14-24-34(29)35-27-39(28-38-35)37(31-18-7-2-8-19-31,32-20-9-3-10-21-32)33-22-11-4-12-23-33/h2-4,7-15,18-28,30H,1,5-6,16-17H2. The number of ketones is 1. The fourth-order valence-corrected chi connectivity index (χ4v) is 6.20. The predicted octanol–water partition coefficient (Wildman–Crippen LogP) is 8.55. The van der Waals surface area contributed by atoms with E-state index in [2.05, 4.69) is 114 Å². The average Bonchev–Trinajstić information content (AvgIpc) is 3.53. The minimum atomic E-state index is -0.614. The van der Waals surface area contributed by atoms with E-state index < -0.39 is 5.54 Å². The molecule has 0 radical (unpaired) electrons. The third-order valence-electron chi connectivity index (χ3n) is 8.22. The summed E-state index contributed by atoms with van der Waals surface area (Å²) in [5.41, 5.74) is 5.74. The van der Waals surface area contributed by atoms with E-state index in [0.29, 0.717) is 0 Å². The van der Waals surface area contributed by atoms with Gasteiger partial charge in [0.15, 0.2) is 5.78 Å². The molecule has 198 valence electrons. The van der Waals surface area contributed by atoms with Gasteiger partial charge >= 0.3 is 0 Å². The first-order chi connectivity index (χ1) is 19.8. The van der Waals surface area contributed by atoms with Crippen LogP contribution in [0.3, 0.4) is 0 Å². The van der Waals surface area contributed by atoms with Crippen molar-refractivity contribution in [3.63, 3.8) is 0 Å². The van der Waals surface area contributed by atoms with Crippen LogP contribution in [0.15, 0.2) is 134 Å². The Morgan fingerprint density at radius 1 is 0.700 bits per heavy atom. The minimum absolute atomic E-state index is 0.166. The first-order valence-corrected chi connectivity index (χ1v) is 14.3. The van der Waals surface area contributed by atoms with E-state index in [1.54, 1.807) is 6.08 Å². The summed E-state index contributed by atoms with van der Waals surface area (Å²) in [7, 11) is 0. The van der Waals surface area contributed by atoms with Gasteiger partial charge in [-0.05, 0) is 41.2 Å². The number of nitrogens with zero attached hydrogens (tertiary/aromatic N) is 2. The molecule has 1 saturated carbocycles. The van der Waals surface area contributed by atoms with Gasteiger partial charge in [0.05, 0.1) is 12.0 Å². The average molecular weight is 523 g/mol. The van der Waals surface area contributed by atoms with Gasteiger partial charge in [-0.25, -0.2) is 4.98 Å². The molecule has 3 nitrogen and oxygen atoms in total. The van der Waals surface area contributed by atoms with Gasteiger partial charge in [0, 0.05) is 17.7 Å². The van der Waals surface area contributed by atoms with Crippen LogP contribution < -0.4 is 0 Å². The number of aromatic nitrogens is 2. The molecule has 0 aliphatic heterocycles. The summed E-state index contributed by atoms with van der Waals surface area (Å²) in [4.78, 5) is 17.9. The Labute approximate surface area is 236 Å². The summed E-state index contributed by atoms with van der Waals surface area (Å²) in [6.07, 6.45) is 13.4. The van der Waals surface area contributed by atoms with Crippen molar-refractivity contribution in [2.75, 3.05) is 0 Å². The maximum atomic E-state index is 12.9. The molecule has 1 aromatic heterocycles. The van der Waals surface area contributed by atoms with E-state index in [-0.39, 0.29) is 11.7 Å². The maximum absolute atomic E-state index is 12.9. The van der Waals surface area contributed by atoms with Crippen LogP contribution in [-0.2, 0) is 10.3 Å². The first-order valence-electron chi connectivity index (χ1n) is 14.3. The number of benzene rings is 4. The van der Waals surface area contributed by atoms with Gasteiger partial charge in [-0.15, -0.1) is 0 Å². The molecule has 1 heterocycles. The SMILES string of the molecule is O=C(C=Cc1ccccc1-c1cn(C(c2ccccc2)(c2ccccc2)c2ccccc2)cn1)C1CCCCC1. The third kappa shape index (κ3) is 4.96. The van der Waals surface area contributed by atoms with Crippen molar-refractivity contribution in [3.8, 4) is 11.3 Å². The number of carbonyl (C=O) groups excluding carboxylic acids is 1. The summed E-state index contributed by atoms with van der Waals surface area (Å²) < 4.78 is 2.23. The molecule has 6 rings (SSSR count). The number of hydrogen-bond acceptors (Lipinski definition) is 2. The summed E-state index contributed by atoms with van der Waals surface area (Å²) in [5, 5.41) is 0. The van der Waals surface area contributed by atoms with Crippen molar-refractivity contribution in [2.45, 2.75) is 37.6 Å². The Morgan fingerprint density at radius 3 is 1.80 bits per heavy atom. The molecule has 1 aliphatic carbocycles. The highest BCUT2D eigenvalue weighted by molar-refractivity contribution is 5.96. The molecular weight excluding hydrogens is 488 g/mol. The maximum Gasteiger partial charge on any atom is 0.158 e. The van der Waals surface area contributed by atoms with Gasteiger partial charge in [0.25, 0.3) is 0 Å². The smallest absolute Gasteiger partial charge is 0.158 e. The van der Waals surface area contributed by atoms with E-state index in [4.69, 9.17) is 4.98 Å². The summed E-state index contributed by atoms with van der Waals surface area (Å²) in [6, 6.07) is 40.1.